The number of aromatic nitrogens is 2. The summed E-state index contributed by atoms with van der Waals surface area (Å²) in [5.41, 5.74) is 10.2. The minimum atomic E-state index is -0.223. The second-order valence-electron chi connectivity index (χ2n) is 8.25. The number of nitrogens with zero attached hydrogens (tertiary/aromatic N) is 3. The summed E-state index contributed by atoms with van der Waals surface area (Å²) in [6, 6.07) is 14.9. The van der Waals surface area contributed by atoms with E-state index < -0.39 is 0 Å². The van der Waals surface area contributed by atoms with Crippen molar-refractivity contribution < 1.29 is 42.2 Å². The Hall–Kier alpha value is -1.61. The van der Waals surface area contributed by atoms with Gasteiger partial charge in [0, 0.05) is 57.3 Å². The number of anilines is 1. The van der Waals surface area contributed by atoms with Crippen molar-refractivity contribution in [2.75, 3.05) is 19.0 Å². The van der Waals surface area contributed by atoms with Crippen LogP contribution in [-0.4, -0.2) is 41.5 Å². The van der Waals surface area contributed by atoms with Gasteiger partial charge in [-0.15, -0.1) is 12.1 Å². The SMILES string of the molecule is CC1CC([NH-])CCO1.CCC([N-]C)c1cccc(NC(=O)c2cccc(-n3cccn3)c2)c1Cl.[Y]. The first-order valence-corrected chi connectivity index (χ1v) is 11.9. The van der Waals surface area contributed by atoms with E-state index in [-0.39, 0.29) is 50.7 Å². The summed E-state index contributed by atoms with van der Waals surface area (Å²) < 4.78 is 6.94. The van der Waals surface area contributed by atoms with Crippen molar-refractivity contribution in [1.29, 1.82) is 0 Å². The van der Waals surface area contributed by atoms with E-state index in [2.05, 4.69) is 22.7 Å². The standard InChI is InChI=1S/C20H20ClN4O.C6H12NO.Y/c1-3-17(22-2)16-9-5-10-18(19(16)21)24-20(26)14-7-4-8-15(13-14)25-12-6-11-23-25;1-5-4-6(7)2-3-8-5;/h4-13,17H,3H2,1-2H3,(H,24,26);5-7H,2-4H2,1H3;/q2*-1;. The van der Waals surface area contributed by atoms with Crippen LogP contribution in [0.3, 0.4) is 0 Å². The van der Waals surface area contributed by atoms with E-state index in [1.165, 1.54) is 0 Å². The number of carbonyl (C=O) groups is 1. The molecule has 9 heteroatoms. The molecular formula is C26H32ClN5O2Y-2. The Morgan fingerprint density at radius 1 is 1.31 bits per heavy atom. The molecule has 0 saturated carbocycles. The Balaban J connectivity index is 0.000000409. The Labute approximate surface area is 238 Å². The van der Waals surface area contributed by atoms with Crippen LogP contribution in [0, 0.1) is 0 Å². The average Bonchev–Trinajstić information content (AvgIpc) is 3.38. The summed E-state index contributed by atoms with van der Waals surface area (Å²) in [6.07, 6.45) is 6.53. The fourth-order valence-corrected chi connectivity index (χ4v) is 4.15. The monoisotopic (exact) mass is 570 g/mol. The van der Waals surface area contributed by atoms with E-state index in [1.807, 2.05) is 43.5 Å². The molecule has 3 unspecified atom stereocenters. The van der Waals surface area contributed by atoms with E-state index >= 15 is 0 Å². The molecule has 3 aromatic rings. The van der Waals surface area contributed by atoms with Crippen LogP contribution in [0.15, 0.2) is 60.9 Å². The van der Waals surface area contributed by atoms with Gasteiger partial charge in [0.1, 0.15) is 0 Å². The smallest absolute Gasteiger partial charge is 0.255 e. The molecular weight excluding hydrogens is 539 g/mol. The molecule has 3 atom stereocenters. The minimum absolute atomic E-state index is 0. The third kappa shape index (κ3) is 8.48. The van der Waals surface area contributed by atoms with Crippen LogP contribution in [0.25, 0.3) is 16.7 Å². The summed E-state index contributed by atoms with van der Waals surface area (Å²) >= 11 is 6.52. The molecule has 4 rings (SSSR count). The van der Waals surface area contributed by atoms with Crippen LogP contribution >= 0.6 is 11.6 Å². The molecule has 2 N–H and O–H groups in total. The number of hydrogen-bond acceptors (Lipinski definition) is 3. The second kappa shape index (κ2) is 14.8. The third-order valence-corrected chi connectivity index (χ3v) is 6.12. The number of amides is 1. The Kier molecular flexibility index (Phi) is 12.6. The van der Waals surface area contributed by atoms with E-state index in [4.69, 9.17) is 22.1 Å². The topological polar surface area (TPSA) is 94.0 Å². The van der Waals surface area contributed by atoms with Gasteiger partial charge >= 0.3 is 0 Å². The Morgan fingerprint density at radius 2 is 2.09 bits per heavy atom. The van der Waals surface area contributed by atoms with Crippen LogP contribution in [0.5, 0.6) is 0 Å². The maximum atomic E-state index is 12.7. The van der Waals surface area contributed by atoms with Crippen molar-refractivity contribution in [3.63, 3.8) is 0 Å². The number of halogens is 1. The number of hydrogen-bond donors (Lipinski definition) is 1. The van der Waals surface area contributed by atoms with Gasteiger partial charge in [0.15, 0.2) is 0 Å². The minimum Gasteiger partial charge on any atom is -0.675 e. The number of nitrogens with one attached hydrogen (secondary N) is 2. The first-order valence-electron chi connectivity index (χ1n) is 11.5. The van der Waals surface area contributed by atoms with Crippen molar-refractivity contribution in [3.8, 4) is 5.69 Å². The number of ether oxygens (including phenoxy) is 1. The van der Waals surface area contributed by atoms with Crippen molar-refractivity contribution >= 4 is 23.2 Å². The van der Waals surface area contributed by atoms with Crippen LogP contribution in [-0.2, 0) is 37.4 Å². The zero-order valence-corrected chi connectivity index (χ0v) is 24.0. The van der Waals surface area contributed by atoms with Crippen molar-refractivity contribution in [3.05, 3.63) is 88.1 Å². The first-order chi connectivity index (χ1) is 16.4. The van der Waals surface area contributed by atoms with E-state index in [0.29, 0.717) is 22.4 Å². The number of rotatable bonds is 6. The van der Waals surface area contributed by atoms with E-state index in [9.17, 15) is 4.79 Å². The summed E-state index contributed by atoms with van der Waals surface area (Å²) in [4.78, 5) is 12.7. The molecule has 35 heavy (non-hydrogen) atoms. The summed E-state index contributed by atoms with van der Waals surface area (Å²) in [7, 11) is 1.77. The van der Waals surface area contributed by atoms with Crippen LogP contribution in [0.4, 0.5) is 5.69 Å². The van der Waals surface area contributed by atoms with E-state index in [0.717, 1.165) is 37.1 Å². The fraction of sp³-hybridized carbons (Fsp3) is 0.385. The van der Waals surface area contributed by atoms with Crippen LogP contribution in [0.1, 0.15) is 55.1 Å². The molecule has 0 bridgehead atoms. The predicted octanol–water partition coefficient (Wildman–Crippen LogP) is 6.84. The molecule has 0 spiro atoms. The summed E-state index contributed by atoms with van der Waals surface area (Å²) in [5, 5.41) is 12.0. The average molecular weight is 571 g/mol. The molecule has 185 valence electrons. The van der Waals surface area contributed by atoms with Gasteiger partial charge in [-0.3, -0.25) is 4.79 Å². The number of benzene rings is 2. The third-order valence-electron chi connectivity index (χ3n) is 5.70. The van der Waals surface area contributed by atoms with Gasteiger partial charge in [-0.05, 0) is 55.7 Å². The van der Waals surface area contributed by atoms with Crippen molar-refractivity contribution in [1.82, 2.24) is 9.78 Å². The van der Waals surface area contributed by atoms with Gasteiger partial charge in [0.25, 0.3) is 5.91 Å². The molecule has 1 aliphatic heterocycles. The van der Waals surface area contributed by atoms with Gasteiger partial charge in [-0.1, -0.05) is 43.1 Å². The zero-order chi connectivity index (χ0) is 24.5. The molecule has 1 saturated heterocycles. The molecule has 2 heterocycles. The van der Waals surface area contributed by atoms with Gasteiger partial charge in [0.2, 0.25) is 0 Å². The van der Waals surface area contributed by atoms with Gasteiger partial charge in [-0.2, -0.15) is 12.1 Å². The van der Waals surface area contributed by atoms with E-state index in [1.54, 1.807) is 36.1 Å². The molecule has 1 aromatic heterocycles. The predicted molar refractivity (Wildman–Crippen MR) is 138 cm³/mol. The molecule has 1 amide bonds. The molecule has 1 aliphatic rings. The molecule has 7 nitrogen and oxygen atoms in total. The van der Waals surface area contributed by atoms with Crippen LogP contribution < -0.4 is 5.32 Å². The maximum Gasteiger partial charge on any atom is 0.255 e. The zero-order valence-electron chi connectivity index (χ0n) is 20.4. The molecule has 2 aromatic carbocycles. The molecule has 1 fully saturated rings. The van der Waals surface area contributed by atoms with Crippen LogP contribution in [0.2, 0.25) is 5.02 Å². The first kappa shape index (κ1) is 29.6. The normalized spacial score (nSPS) is 18.0. The van der Waals surface area contributed by atoms with Gasteiger partial charge < -0.3 is 21.1 Å². The largest absolute Gasteiger partial charge is 0.675 e. The molecule has 1 radical (unpaired) electrons. The van der Waals surface area contributed by atoms with Gasteiger partial charge in [-0.25, -0.2) is 4.68 Å². The maximum absolute atomic E-state index is 12.7. The molecule has 0 aliphatic carbocycles. The summed E-state index contributed by atoms with van der Waals surface area (Å²) in [5.74, 6) is -0.223. The van der Waals surface area contributed by atoms with Crippen molar-refractivity contribution in [2.24, 2.45) is 0 Å². The van der Waals surface area contributed by atoms with Crippen molar-refractivity contribution in [2.45, 2.75) is 51.3 Å². The summed E-state index contributed by atoms with van der Waals surface area (Å²) in [6.45, 7) is 4.87. The van der Waals surface area contributed by atoms with Gasteiger partial charge in [0.05, 0.1) is 22.5 Å². The second-order valence-corrected chi connectivity index (χ2v) is 8.63. The quantitative estimate of drug-likeness (QED) is 0.352. The Morgan fingerprint density at radius 3 is 2.69 bits per heavy atom. The number of carbonyl (C=O) groups excluding carboxylic acids is 1. The Bertz CT molecular complexity index is 1050. The fourth-order valence-electron chi connectivity index (χ4n) is 3.85.